The molecule has 0 fully saturated rings. The molecule has 5 nitrogen and oxygen atoms in total. The van der Waals surface area contributed by atoms with Crippen molar-refractivity contribution in [3.05, 3.63) is 29.6 Å². The molecule has 0 bridgehead atoms. The molecule has 0 spiro atoms. The maximum absolute atomic E-state index is 6.00. The number of imidazole rings is 1. The van der Waals surface area contributed by atoms with Gasteiger partial charge in [-0.1, -0.05) is 12.1 Å². The van der Waals surface area contributed by atoms with Crippen molar-refractivity contribution in [3.8, 4) is 0 Å². The third-order valence-electron chi connectivity index (χ3n) is 3.58. The van der Waals surface area contributed by atoms with Crippen LogP contribution in [0.25, 0.3) is 21.9 Å². The number of unbranched alkanes of at least 4 members (excludes halogenated alkanes) is 1. The molecule has 0 saturated carbocycles. The molecule has 20 heavy (non-hydrogen) atoms. The van der Waals surface area contributed by atoms with Gasteiger partial charge in [-0.05, 0) is 44.4 Å². The maximum Gasteiger partial charge on any atom is 0.152 e. The third-order valence-corrected chi connectivity index (χ3v) is 3.58. The predicted molar refractivity (Wildman–Crippen MR) is 82.5 cm³/mol. The molecule has 0 amide bonds. The lowest BCUT2D eigenvalue weighted by atomic mass is 10.0. The van der Waals surface area contributed by atoms with E-state index in [1.807, 2.05) is 19.1 Å². The maximum atomic E-state index is 6.00. The summed E-state index contributed by atoms with van der Waals surface area (Å²) < 4.78 is 0. The first kappa shape index (κ1) is 12.9. The fourth-order valence-electron chi connectivity index (χ4n) is 2.68. The molecule has 2 heterocycles. The lowest BCUT2D eigenvalue weighted by Crippen LogP contribution is -2.00. The summed E-state index contributed by atoms with van der Waals surface area (Å²) in [7, 11) is 0. The fourth-order valence-corrected chi connectivity index (χ4v) is 2.68. The highest BCUT2D eigenvalue weighted by atomic mass is 15.0. The second kappa shape index (κ2) is 5.09. The molecule has 3 aromatic rings. The summed E-state index contributed by atoms with van der Waals surface area (Å²) >= 11 is 0. The molecular formula is C15H19N5. The number of nitrogens with zero attached hydrogens (tertiary/aromatic N) is 2. The molecule has 5 heteroatoms. The van der Waals surface area contributed by atoms with Crippen LogP contribution in [0.15, 0.2) is 18.2 Å². The average Bonchev–Trinajstić information content (AvgIpc) is 2.81. The van der Waals surface area contributed by atoms with Crippen LogP contribution in [0.4, 0.5) is 5.82 Å². The second-order valence-electron chi connectivity index (χ2n) is 5.10. The molecule has 0 atom stereocenters. The minimum atomic E-state index is 0.482. The highest BCUT2D eigenvalue weighted by Gasteiger charge is 2.12. The number of pyridine rings is 1. The van der Waals surface area contributed by atoms with Crippen molar-refractivity contribution in [1.29, 1.82) is 0 Å². The summed E-state index contributed by atoms with van der Waals surface area (Å²) in [5.41, 5.74) is 15.5. The van der Waals surface area contributed by atoms with Crippen LogP contribution >= 0.6 is 0 Å². The molecule has 5 N–H and O–H groups in total. The zero-order valence-corrected chi connectivity index (χ0v) is 11.6. The van der Waals surface area contributed by atoms with Gasteiger partial charge in [-0.15, -0.1) is 0 Å². The van der Waals surface area contributed by atoms with E-state index in [0.717, 1.165) is 53.6 Å². The standard InChI is InChI=1S/C15H19N5/c1-9-18-13-12-10(5-2-3-8-16)6-4-7-11(12)20-15(17)14(13)19-9/h4,6-7H,2-3,5,8,16H2,1H3,(H2,17,20)(H,18,19). The van der Waals surface area contributed by atoms with Gasteiger partial charge in [0.2, 0.25) is 0 Å². The van der Waals surface area contributed by atoms with Crippen LogP contribution in [0.1, 0.15) is 24.2 Å². The number of anilines is 1. The van der Waals surface area contributed by atoms with Gasteiger partial charge in [-0.3, -0.25) is 0 Å². The van der Waals surface area contributed by atoms with Gasteiger partial charge >= 0.3 is 0 Å². The summed E-state index contributed by atoms with van der Waals surface area (Å²) in [6.45, 7) is 2.66. The first-order valence-electron chi connectivity index (χ1n) is 6.94. The molecule has 0 radical (unpaired) electrons. The summed E-state index contributed by atoms with van der Waals surface area (Å²) in [5.74, 6) is 1.34. The zero-order chi connectivity index (χ0) is 14.1. The lowest BCUT2D eigenvalue weighted by molar-refractivity contribution is 0.747. The van der Waals surface area contributed by atoms with Gasteiger partial charge in [0.05, 0.1) is 11.0 Å². The molecule has 0 saturated heterocycles. The first-order chi connectivity index (χ1) is 9.70. The van der Waals surface area contributed by atoms with Gasteiger partial charge in [-0.25, -0.2) is 9.97 Å². The Hall–Kier alpha value is -2.14. The largest absolute Gasteiger partial charge is 0.382 e. The van der Waals surface area contributed by atoms with E-state index >= 15 is 0 Å². The number of fused-ring (bicyclic) bond motifs is 3. The van der Waals surface area contributed by atoms with Crippen LogP contribution in [0.2, 0.25) is 0 Å². The van der Waals surface area contributed by atoms with E-state index in [4.69, 9.17) is 11.5 Å². The quantitative estimate of drug-likeness (QED) is 0.633. The predicted octanol–water partition coefficient (Wildman–Crippen LogP) is 2.28. The van der Waals surface area contributed by atoms with E-state index in [1.165, 1.54) is 5.56 Å². The van der Waals surface area contributed by atoms with Crippen LogP contribution in [-0.4, -0.2) is 21.5 Å². The highest BCUT2D eigenvalue weighted by Crippen LogP contribution is 2.29. The Morgan fingerprint density at radius 3 is 2.85 bits per heavy atom. The van der Waals surface area contributed by atoms with Gasteiger partial charge in [0.1, 0.15) is 11.3 Å². The first-order valence-corrected chi connectivity index (χ1v) is 6.94. The van der Waals surface area contributed by atoms with Gasteiger partial charge in [-0.2, -0.15) is 0 Å². The van der Waals surface area contributed by atoms with Crippen molar-refractivity contribution in [1.82, 2.24) is 15.0 Å². The number of nitrogens with one attached hydrogen (secondary N) is 1. The highest BCUT2D eigenvalue weighted by molar-refractivity contribution is 6.07. The van der Waals surface area contributed by atoms with Crippen LogP contribution in [0, 0.1) is 6.92 Å². The Balaban J connectivity index is 2.23. The Kier molecular flexibility index (Phi) is 3.28. The summed E-state index contributed by atoms with van der Waals surface area (Å²) in [6.07, 6.45) is 3.10. The van der Waals surface area contributed by atoms with E-state index in [0.29, 0.717) is 5.82 Å². The van der Waals surface area contributed by atoms with Gasteiger partial charge in [0, 0.05) is 5.39 Å². The number of hydrogen-bond donors (Lipinski definition) is 3. The number of rotatable bonds is 4. The number of aryl methyl sites for hydroxylation is 2. The number of hydrogen-bond acceptors (Lipinski definition) is 4. The van der Waals surface area contributed by atoms with Crippen LogP contribution in [-0.2, 0) is 6.42 Å². The van der Waals surface area contributed by atoms with E-state index in [1.54, 1.807) is 0 Å². The molecule has 0 aliphatic heterocycles. The van der Waals surface area contributed by atoms with Crippen molar-refractivity contribution in [2.75, 3.05) is 12.3 Å². The Morgan fingerprint density at radius 2 is 2.05 bits per heavy atom. The zero-order valence-electron chi connectivity index (χ0n) is 11.6. The molecule has 1 aromatic carbocycles. The average molecular weight is 269 g/mol. The van der Waals surface area contributed by atoms with Crippen LogP contribution in [0.5, 0.6) is 0 Å². The van der Waals surface area contributed by atoms with Crippen molar-refractivity contribution in [3.63, 3.8) is 0 Å². The van der Waals surface area contributed by atoms with Gasteiger partial charge in [0.25, 0.3) is 0 Å². The molecule has 3 rings (SSSR count). The molecule has 0 aliphatic carbocycles. The van der Waals surface area contributed by atoms with Gasteiger partial charge in [0.15, 0.2) is 5.82 Å². The number of nitrogens with two attached hydrogens (primary N) is 2. The second-order valence-corrected chi connectivity index (χ2v) is 5.10. The Morgan fingerprint density at radius 1 is 1.20 bits per heavy atom. The molecule has 0 unspecified atom stereocenters. The van der Waals surface area contributed by atoms with E-state index in [9.17, 15) is 0 Å². The summed E-state index contributed by atoms with van der Waals surface area (Å²) in [4.78, 5) is 12.2. The molecule has 2 aromatic heterocycles. The van der Waals surface area contributed by atoms with Crippen LogP contribution in [0.3, 0.4) is 0 Å². The molecule has 0 aliphatic rings. The normalized spacial score (nSPS) is 11.5. The van der Waals surface area contributed by atoms with E-state index in [2.05, 4.69) is 21.0 Å². The minimum Gasteiger partial charge on any atom is -0.382 e. The van der Waals surface area contributed by atoms with E-state index < -0.39 is 0 Å². The Bertz CT molecular complexity index is 760. The van der Waals surface area contributed by atoms with Crippen molar-refractivity contribution < 1.29 is 0 Å². The van der Waals surface area contributed by atoms with Crippen LogP contribution < -0.4 is 11.5 Å². The Labute approximate surface area is 117 Å². The number of aromatic nitrogens is 3. The number of benzene rings is 1. The monoisotopic (exact) mass is 269 g/mol. The number of H-pyrrole nitrogens is 1. The summed E-state index contributed by atoms with van der Waals surface area (Å²) in [6, 6.07) is 6.17. The van der Waals surface area contributed by atoms with E-state index in [-0.39, 0.29) is 0 Å². The van der Waals surface area contributed by atoms with Crippen molar-refractivity contribution in [2.24, 2.45) is 5.73 Å². The summed E-state index contributed by atoms with van der Waals surface area (Å²) in [5, 5.41) is 1.13. The van der Waals surface area contributed by atoms with Crippen molar-refractivity contribution >= 4 is 27.8 Å². The van der Waals surface area contributed by atoms with Gasteiger partial charge < -0.3 is 16.5 Å². The third kappa shape index (κ3) is 2.10. The number of aromatic amines is 1. The molecule has 104 valence electrons. The molecular weight excluding hydrogens is 250 g/mol. The SMILES string of the molecule is Cc1nc2c(N)nc3cccc(CCCCN)c3c2[nH]1. The topological polar surface area (TPSA) is 93.6 Å². The lowest BCUT2D eigenvalue weighted by Gasteiger charge is -2.08. The smallest absolute Gasteiger partial charge is 0.152 e. The van der Waals surface area contributed by atoms with Crippen molar-refractivity contribution in [2.45, 2.75) is 26.2 Å². The minimum absolute atomic E-state index is 0.482. The fraction of sp³-hybridized carbons (Fsp3) is 0.333. The number of nitrogen functional groups attached to an aromatic ring is 1.